The Hall–Kier alpha value is -3.03. The Morgan fingerprint density at radius 2 is 1.74 bits per heavy atom. The van der Waals surface area contributed by atoms with Crippen LogP contribution < -0.4 is 10.6 Å². The van der Waals surface area contributed by atoms with Crippen LogP contribution in [0.3, 0.4) is 0 Å². The van der Waals surface area contributed by atoms with Gasteiger partial charge in [-0.25, -0.2) is 19.7 Å². The number of carbonyl (C=O) groups is 1. The molecule has 0 aromatic carbocycles. The third-order valence-corrected chi connectivity index (χ3v) is 3.00. The molecule has 0 radical (unpaired) electrons. The molecule has 0 saturated heterocycles. The summed E-state index contributed by atoms with van der Waals surface area (Å²) < 4.78 is 5.23. The summed E-state index contributed by atoms with van der Waals surface area (Å²) in [5.74, 6) is 1.16. The highest BCUT2D eigenvalue weighted by molar-refractivity contribution is 6.07. The van der Waals surface area contributed by atoms with Crippen molar-refractivity contribution in [2.45, 2.75) is 54.1 Å². The number of amides is 1. The molecule has 0 aliphatic heterocycles. The van der Waals surface area contributed by atoms with Crippen LogP contribution in [0.15, 0.2) is 24.7 Å². The molecule has 8 heteroatoms. The normalized spacial score (nSPS) is 10.3. The Balaban J connectivity index is 0.00000176. The number of anilines is 3. The van der Waals surface area contributed by atoms with Crippen LogP contribution >= 0.6 is 0 Å². The van der Waals surface area contributed by atoms with Crippen molar-refractivity contribution >= 4 is 29.3 Å². The molecular formula is C19H28N6O2. The number of hydrogen-bond donors (Lipinski definition) is 3. The van der Waals surface area contributed by atoms with Gasteiger partial charge in [0.25, 0.3) is 0 Å². The molecule has 2 rings (SSSR count). The fourth-order valence-electron chi connectivity index (χ4n) is 1.99. The topological polar surface area (TPSA) is 113 Å². The summed E-state index contributed by atoms with van der Waals surface area (Å²) in [6.07, 6.45) is 2.38. The lowest BCUT2D eigenvalue weighted by Gasteiger charge is -2.20. The molecule has 1 amide bonds. The zero-order valence-corrected chi connectivity index (χ0v) is 17.0. The Kier molecular flexibility index (Phi) is 7.83. The van der Waals surface area contributed by atoms with E-state index in [1.807, 2.05) is 32.9 Å². The first-order chi connectivity index (χ1) is 12.7. The molecular weight excluding hydrogens is 344 g/mol. The Morgan fingerprint density at radius 1 is 1.11 bits per heavy atom. The van der Waals surface area contributed by atoms with E-state index in [4.69, 9.17) is 10.1 Å². The molecule has 0 saturated carbocycles. The Labute approximate surface area is 160 Å². The third kappa shape index (κ3) is 7.01. The van der Waals surface area contributed by atoms with Gasteiger partial charge >= 0.3 is 6.09 Å². The monoisotopic (exact) mass is 372 g/mol. The second kappa shape index (κ2) is 9.61. The molecule has 27 heavy (non-hydrogen) atoms. The molecule has 0 fully saturated rings. The van der Waals surface area contributed by atoms with Crippen molar-refractivity contribution in [3.63, 3.8) is 0 Å². The van der Waals surface area contributed by atoms with Gasteiger partial charge in [0.15, 0.2) is 0 Å². The summed E-state index contributed by atoms with van der Waals surface area (Å²) >= 11 is 0. The van der Waals surface area contributed by atoms with Gasteiger partial charge in [0.1, 0.15) is 29.4 Å². The van der Waals surface area contributed by atoms with E-state index < -0.39 is 11.7 Å². The lowest BCUT2D eigenvalue weighted by atomic mass is 10.2. The lowest BCUT2D eigenvalue weighted by Crippen LogP contribution is -2.28. The number of pyridine rings is 1. The van der Waals surface area contributed by atoms with Crippen molar-refractivity contribution in [3.8, 4) is 0 Å². The fraction of sp³-hybridized carbons (Fsp3) is 0.421. The SMILES string of the molecule is CC.CC(=N)c1c(NC(=O)OC(C)(C)C)ncnc1Nc1ccc(C)cn1. The summed E-state index contributed by atoms with van der Waals surface area (Å²) in [7, 11) is 0. The number of nitrogens with one attached hydrogen (secondary N) is 3. The van der Waals surface area contributed by atoms with Crippen molar-refractivity contribution in [1.29, 1.82) is 5.41 Å². The van der Waals surface area contributed by atoms with Crippen LogP contribution in [0.4, 0.5) is 22.2 Å². The van der Waals surface area contributed by atoms with Gasteiger partial charge in [0.2, 0.25) is 0 Å². The minimum atomic E-state index is -0.645. The molecule has 0 aliphatic rings. The highest BCUT2D eigenvalue weighted by Crippen LogP contribution is 2.24. The maximum atomic E-state index is 12.0. The first-order valence-corrected chi connectivity index (χ1v) is 8.76. The van der Waals surface area contributed by atoms with Crippen molar-refractivity contribution in [3.05, 3.63) is 35.8 Å². The number of nitrogens with zero attached hydrogens (tertiary/aromatic N) is 3. The number of aromatic nitrogens is 3. The van der Waals surface area contributed by atoms with Gasteiger partial charge in [-0.3, -0.25) is 5.32 Å². The van der Waals surface area contributed by atoms with E-state index in [1.54, 1.807) is 33.9 Å². The molecule has 0 atom stereocenters. The van der Waals surface area contributed by atoms with E-state index in [-0.39, 0.29) is 11.5 Å². The molecule has 0 spiro atoms. The lowest BCUT2D eigenvalue weighted by molar-refractivity contribution is 0.0635. The van der Waals surface area contributed by atoms with Gasteiger partial charge in [0, 0.05) is 11.9 Å². The largest absolute Gasteiger partial charge is 0.444 e. The Bertz CT molecular complexity index is 782. The third-order valence-electron chi connectivity index (χ3n) is 3.00. The molecule has 0 unspecified atom stereocenters. The van der Waals surface area contributed by atoms with E-state index in [0.717, 1.165) is 5.56 Å². The average Bonchev–Trinajstić information content (AvgIpc) is 2.57. The van der Waals surface area contributed by atoms with E-state index >= 15 is 0 Å². The second-order valence-electron chi connectivity index (χ2n) is 6.54. The standard InChI is InChI=1S/C17H22N6O2.C2H6/c1-10-6-7-12(19-8-10)22-14-13(11(2)18)15(21-9-20-14)23-16(24)25-17(3,4)5;1-2/h6-9,18H,1-5H3,(H2,19,20,21,22,23,24);1-2H3. The smallest absolute Gasteiger partial charge is 0.413 e. The molecule has 8 nitrogen and oxygen atoms in total. The predicted octanol–water partition coefficient (Wildman–Crippen LogP) is 4.68. The molecule has 2 aromatic rings. The van der Waals surface area contributed by atoms with E-state index in [2.05, 4.69) is 25.6 Å². The van der Waals surface area contributed by atoms with Crippen LogP contribution in [-0.2, 0) is 4.74 Å². The van der Waals surface area contributed by atoms with Gasteiger partial charge in [-0.2, -0.15) is 0 Å². The molecule has 146 valence electrons. The highest BCUT2D eigenvalue weighted by Gasteiger charge is 2.20. The quantitative estimate of drug-likeness (QED) is 0.671. The van der Waals surface area contributed by atoms with E-state index in [0.29, 0.717) is 17.2 Å². The fourth-order valence-corrected chi connectivity index (χ4v) is 1.99. The molecule has 0 aliphatic carbocycles. The predicted molar refractivity (Wildman–Crippen MR) is 108 cm³/mol. The summed E-state index contributed by atoms with van der Waals surface area (Å²) in [5, 5.41) is 13.6. The van der Waals surface area contributed by atoms with Crippen LogP contribution in [0.2, 0.25) is 0 Å². The van der Waals surface area contributed by atoms with Crippen LogP contribution in [0.25, 0.3) is 0 Å². The number of carbonyl (C=O) groups excluding carboxylic acids is 1. The summed E-state index contributed by atoms with van der Waals surface area (Å²) in [4.78, 5) is 24.5. The van der Waals surface area contributed by atoms with Gasteiger partial charge in [-0.15, -0.1) is 0 Å². The maximum Gasteiger partial charge on any atom is 0.413 e. The molecule has 0 bridgehead atoms. The zero-order valence-electron chi connectivity index (χ0n) is 17.0. The van der Waals surface area contributed by atoms with Gasteiger partial charge in [-0.1, -0.05) is 19.9 Å². The number of ether oxygens (including phenoxy) is 1. The van der Waals surface area contributed by atoms with E-state index in [9.17, 15) is 4.79 Å². The summed E-state index contributed by atoms with van der Waals surface area (Å²) in [6.45, 7) is 12.8. The zero-order chi connectivity index (χ0) is 20.6. The number of hydrogen-bond acceptors (Lipinski definition) is 7. The van der Waals surface area contributed by atoms with Gasteiger partial charge in [-0.05, 0) is 46.2 Å². The van der Waals surface area contributed by atoms with Crippen LogP contribution in [0, 0.1) is 12.3 Å². The van der Waals surface area contributed by atoms with Gasteiger partial charge < -0.3 is 15.5 Å². The average molecular weight is 372 g/mol. The highest BCUT2D eigenvalue weighted by atomic mass is 16.6. The van der Waals surface area contributed by atoms with Crippen molar-refractivity contribution in [2.24, 2.45) is 0 Å². The minimum absolute atomic E-state index is 0.196. The second-order valence-corrected chi connectivity index (χ2v) is 6.54. The van der Waals surface area contributed by atoms with Gasteiger partial charge in [0.05, 0.1) is 5.56 Å². The van der Waals surface area contributed by atoms with Crippen LogP contribution in [0.1, 0.15) is 52.7 Å². The van der Waals surface area contributed by atoms with Crippen LogP contribution in [-0.4, -0.2) is 32.4 Å². The number of aryl methyl sites for hydroxylation is 1. The maximum absolute atomic E-state index is 12.0. The molecule has 2 heterocycles. The molecule has 3 N–H and O–H groups in total. The first kappa shape index (κ1) is 22.0. The minimum Gasteiger partial charge on any atom is -0.444 e. The van der Waals surface area contributed by atoms with Crippen molar-refractivity contribution < 1.29 is 9.53 Å². The van der Waals surface area contributed by atoms with Crippen LogP contribution in [0.5, 0.6) is 0 Å². The van der Waals surface area contributed by atoms with E-state index in [1.165, 1.54) is 6.33 Å². The summed E-state index contributed by atoms with van der Waals surface area (Å²) in [5.41, 5.74) is 0.963. The molecule has 2 aromatic heterocycles. The Morgan fingerprint density at radius 3 is 2.26 bits per heavy atom. The van der Waals surface area contributed by atoms with Crippen molar-refractivity contribution in [2.75, 3.05) is 10.6 Å². The number of rotatable bonds is 4. The summed E-state index contributed by atoms with van der Waals surface area (Å²) in [6, 6.07) is 3.72. The van der Waals surface area contributed by atoms with Crippen molar-refractivity contribution in [1.82, 2.24) is 15.0 Å². The first-order valence-electron chi connectivity index (χ1n) is 8.76.